The Hall–Kier alpha value is -4.97. The zero-order chi connectivity index (χ0) is 55.7. The van der Waals surface area contributed by atoms with Crippen LogP contribution in [-0.4, -0.2) is 37.2 Å². The summed E-state index contributed by atoms with van der Waals surface area (Å²) in [6, 6.07) is 0. The Bertz CT molecular complexity index is 1740. The summed E-state index contributed by atoms with van der Waals surface area (Å²) < 4.78 is 16.8. The van der Waals surface area contributed by atoms with Crippen LogP contribution in [0.1, 0.15) is 252 Å². The van der Waals surface area contributed by atoms with Crippen molar-refractivity contribution in [2.24, 2.45) is 0 Å². The van der Waals surface area contributed by atoms with Crippen molar-refractivity contribution in [1.82, 2.24) is 0 Å². The average molecular weight is 1060 g/mol. The third kappa shape index (κ3) is 61.8. The van der Waals surface area contributed by atoms with E-state index in [1.807, 2.05) is 0 Å². The van der Waals surface area contributed by atoms with Crippen molar-refractivity contribution in [3.8, 4) is 0 Å². The fourth-order valence-corrected chi connectivity index (χ4v) is 7.86. The number of esters is 3. The van der Waals surface area contributed by atoms with E-state index >= 15 is 0 Å². The van der Waals surface area contributed by atoms with Crippen LogP contribution < -0.4 is 0 Å². The van der Waals surface area contributed by atoms with Gasteiger partial charge in [-0.1, -0.05) is 249 Å². The van der Waals surface area contributed by atoms with Crippen LogP contribution in [-0.2, 0) is 28.6 Å². The van der Waals surface area contributed by atoms with Gasteiger partial charge in [0.1, 0.15) is 13.2 Å². The van der Waals surface area contributed by atoms with Crippen LogP contribution in [0.15, 0.2) is 158 Å². The molecule has 432 valence electrons. The molecule has 1 atom stereocenters. The highest BCUT2D eigenvalue weighted by Gasteiger charge is 2.19. The van der Waals surface area contributed by atoms with Crippen LogP contribution >= 0.6 is 0 Å². The first-order valence-electron chi connectivity index (χ1n) is 31.0. The first-order chi connectivity index (χ1) is 38.0. The molecule has 0 N–H and O–H groups in total. The molecule has 0 aromatic carbocycles. The van der Waals surface area contributed by atoms with Gasteiger partial charge in [-0.2, -0.15) is 0 Å². The van der Waals surface area contributed by atoms with E-state index < -0.39 is 6.10 Å². The molecule has 0 heterocycles. The van der Waals surface area contributed by atoms with E-state index in [2.05, 4.69) is 179 Å². The zero-order valence-electron chi connectivity index (χ0n) is 49.4. The normalized spacial score (nSPS) is 13.2. The quantitative estimate of drug-likeness (QED) is 0.0261. The van der Waals surface area contributed by atoms with Crippen molar-refractivity contribution in [2.45, 2.75) is 258 Å². The van der Waals surface area contributed by atoms with Gasteiger partial charge in [-0.3, -0.25) is 14.4 Å². The molecule has 77 heavy (non-hydrogen) atoms. The third-order valence-corrected chi connectivity index (χ3v) is 12.4. The Labute approximate surface area is 473 Å². The number of ether oxygens (including phenoxy) is 3. The topological polar surface area (TPSA) is 78.9 Å². The molecular weight excluding hydrogens is 949 g/mol. The Morgan fingerprint density at radius 2 is 0.506 bits per heavy atom. The molecule has 0 aromatic rings. The second kappa shape index (κ2) is 63.6. The minimum atomic E-state index is -0.806. The highest BCUT2D eigenvalue weighted by molar-refractivity contribution is 5.71. The number of allylic oxidation sites excluding steroid dienone is 26. The second-order valence-corrected chi connectivity index (χ2v) is 19.9. The van der Waals surface area contributed by atoms with E-state index in [1.54, 1.807) is 0 Å². The number of rotatable bonds is 54. The average Bonchev–Trinajstić information content (AvgIpc) is 3.43. The summed E-state index contributed by atoms with van der Waals surface area (Å²) in [6.45, 7) is 6.34. The van der Waals surface area contributed by atoms with Gasteiger partial charge >= 0.3 is 17.9 Å². The Morgan fingerprint density at radius 1 is 0.273 bits per heavy atom. The summed E-state index contributed by atoms with van der Waals surface area (Å²) in [5, 5.41) is 0. The standard InChI is InChI=1S/C71H112O6/c1-4-7-10-13-16-19-22-25-26-27-28-29-30-31-32-33-34-35-36-37-38-39-40-41-42-43-44-47-49-52-55-58-61-64-70(73)76-67-68(77-71(74)65-62-59-56-53-50-46-24-21-18-15-12-9-6-3)66-75-69(72)63-60-57-54-51-48-45-23-20-17-14-11-8-5-2/h7,10-12,14-16,19-21,23-26,28-29,31-32,34-35,37-38,40-41,43-44,68H,4-6,8-9,13,17-18,22,27,30,33,36,39,42,45-67H2,1-3H3/b10-7-,14-11-,15-12-,19-16-,23-20-,24-21-,26-25-,29-28-,32-31-,35-34-,38-37-,41-40-,44-43-. The Kier molecular flexibility index (Phi) is 59.5. The van der Waals surface area contributed by atoms with Crippen LogP contribution in [0.25, 0.3) is 0 Å². The van der Waals surface area contributed by atoms with E-state index in [9.17, 15) is 14.4 Å². The molecule has 0 aromatic heterocycles. The van der Waals surface area contributed by atoms with Gasteiger partial charge in [0.05, 0.1) is 0 Å². The molecule has 1 unspecified atom stereocenters. The molecule has 0 fully saturated rings. The minimum Gasteiger partial charge on any atom is -0.462 e. The van der Waals surface area contributed by atoms with Crippen LogP contribution in [0.2, 0.25) is 0 Å². The van der Waals surface area contributed by atoms with Crippen molar-refractivity contribution >= 4 is 17.9 Å². The van der Waals surface area contributed by atoms with Gasteiger partial charge in [0.15, 0.2) is 6.10 Å². The number of carbonyl (C=O) groups is 3. The summed E-state index contributed by atoms with van der Waals surface area (Å²) in [5.74, 6) is -0.957. The molecular formula is C71H112O6. The molecule has 0 rings (SSSR count). The smallest absolute Gasteiger partial charge is 0.306 e. The molecule has 0 saturated carbocycles. The van der Waals surface area contributed by atoms with Crippen molar-refractivity contribution in [3.05, 3.63) is 158 Å². The molecule has 6 heteroatoms. The summed E-state index contributed by atoms with van der Waals surface area (Å²) in [4.78, 5) is 38.2. The molecule has 6 nitrogen and oxygen atoms in total. The third-order valence-electron chi connectivity index (χ3n) is 12.4. The molecule has 0 aliphatic carbocycles. The lowest BCUT2D eigenvalue weighted by Gasteiger charge is -2.18. The molecule has 0 saturated heterocycles. The monoisotopic (exact) mass is 1060 g/mol. The maximum atomic E-state index is 12.8. The predicted octanol–water partition coefficient (Wildman–Crippen LogP) is 21.3. The lowest BCUT2D eigenvalue weighted by molar-refractivity contribution is -0.167. The first kappa shape index (κ1) is 72.0. The van der Waals surface area contributed by atoms with Crippen molar-refractivity contribution in [3.63, 3.8) is 0 Å². The van der Waals surface area contributed by atoms with Crippen LogP contribution in [0, 0.1) is 0 Å². The van der Waals surface area contributed by atoms with Crippen molar-refractivity contribution in [1.29, 1.82) is 0 Å². The molecule has 0 aliphatic rings. The van der Waals surface area contributed by atoms with E-state index in [4.69, 9.17) is 14.2 Å². The predicted molar refractivity (Wildman–Crippen MR) is 334 cm³/mol. The molecule has 0 bridgehead atoms. The van der Waals surface area contributed by atoms with Gasteiger partial charge in [-0.15, -0.1) is 0 Å². The molecule has 0 radical (unpaired) electrons. The maximum absolute atomic E-state index is 12.8. The van der Waals surface area contributed by atoms with Crippen LogP contribution in [0.5, 0.6) is 0 Å². The van der Waals surface area contributed by atoms with E-state index in [0.717, 1.165) is 199 Å². The van der Waals surface area contributed by atoms with Crippen molar-refractivity contribution in [2.75, 3.05) is 13.2 Å². The van der Waals surface area contributed by atoms with E-state index in [0.29, 0.717) is 19.3 Å². The summed E-state index contributed by atoms with van der Waals surface area (Å²) >= 11 is 0. The van der Waals surface area contributed by atoms with Gasteiger partial charge < -0.3 is 14.2 Å². The van der Waals surface area contributed by atoms with Gasteiger partial charge in [0, 0.05) is 19.3 Å². The summed E-state index contributed by atoms with van der Waals surface area (Å²) in [5.41, 5.74) is 0. The zero-order valence-corrected chi connectivity index (χ0v) is 49.4. The van der Waals surface area contributed by atoms with E-state index in [1.165, 1.54) is 12.8 Å². The molecule has 0 aliphatic heterocycles. The van der Waals surface area contributed by atoms with Crippen molar-refractivity contribution < 1.29 is 28.6 Å². The van der Waals surface area contributed by atoms with Crippen LogP contribution in [0.4, 0.5) is 0 Å². The maximum Gasteiger partial charge on any atom is 0.306 e. The largest absolute Gasteiger partial charge is 0.462 e. The number of carbonyl (C=O) groups excluding carboxylic acids is 3. The Morgan fingerprint density at radius 3 is 0.792 bits per heavy atom. The first-order valence-corrected chi connectivity index (χ1v) is 31.0. The minimum absolute atomic E-state index is 0.103. The van der Waals surface area contributed by atoms with E-state index in [-0.39, 0.29) is 31.1 Å². The van der Waals surface area contributed by atoms with Crippen LogP contribution in [0.3, 0.4) is 0 Å². The Balaban J connectivity index is 4.32. The number of hydrogen-bond donors (Lipinski definition) is 0. The van der Waals surface area contributed by atoms with Gasteiger partial charge in [0.25, 0.3) is 0 Å². The lowest BCUT2D eigenvalue weighted by atomic mass is 10.1. The summed E-state index contributed by atoms with van der Waals surface area (Å²) in [6.07, 6.45) is 92.5. The SMILES string of the molecule is CC/C=C\C/C=C\C/C=C\C/C=C\C/C=C\C/C=C\C/C=C\C/C=C\C/C=C\CCCCCCCC(=O)OCC(COC(=O)CCCCCCC/C=C\C/C=C\CCC)OC(=O)CCCCCCC/C=C\C/C=C\CCC. The number of unbranched alkanes of at least 4 members (excludes halogenated alkanes) is 17. The van der Waals surface area contributed by atoms with Gasteiger partial charge in [-0.25, -0.2) is 0 Å². The highest BCUT2D eigenvalue weighted by atomic mass is 16.6. The fourth-order valence-electron chi connectivity index (χ4n) is 7.86. The molecule has 0 amide bonds. The fraction of sp³-hybridized carbons (Fsp3) is 0.592. The number of hydrogen-bond acceptors (Lipinski definition) is 6. The molecule has 0 spiro atoms. The van der Waals surface area contributed by atoms with Gasteiger partial charge in [-0.05, 0) is 141 Å². The highest BCUT2D eigenvalue weighted by Crippen LogP contribution is 2.13. The summed E-state index contributed by atoms with van der Waals surface area (Å²) in [7, 11) is 0. The van der Waals surface area contributed by atoms with Gasteiger partial charge in [0.2, 0.25) is 0 Å². The second-order valence-electron chi connectivity index (χ2n) is 19.9. The lowest BCUT2D eigenvalue weighted by Crippen LogP contribution is -2.30.